The molecule has 28 heavy (non-hydrogen) atoms. The Kier molecular flexibility index (Phi) is 5.74. The molecule has 4 rings (SSSR count). The first kappa shape index (κ1) is 19.8. The molecule has 3 aliphatic heterocycles. The standard InChI is InChI=1S/C21H32N4O2S/c1-16-19(28-17(2)22-16)20(27)25-12-6-8-21(15-25)7-5-9-23(14-21)13-18(26)24-10-3-4-11-24/h3-15H2,1-2H3. The van der Waals surface area contributed by atoms with E-state index in [9.17, 15) is 9.59 Å². The van der Waals surface area contributed by atoms with Gasteiger partial charge in [-0.2, -0.15) is 0 Å². The third kappa shape index (κ3) is 4.10. The number of amides is 2. The van der Waals surface area contributed by atoms with E-state index in [1.165, 1.54) is 11.3 Å². The SMILES string of the molecule is Cc1nc(C)c(C(=O)N2CCCC3(CCCN(CC(=O)N4CCCC4)C3)C2)s1. The molecule has 7 heteroatoms. The lowest BCUT2D eigenvalue weighted by atomic mass is 9.73. The van der Waals surface area contributed by atoms with Gasteiger partial charge in [-0.05, 0) is 58.9 Å². The summed E-state index contributed by atoms with van der Waals surface area (Å²) < 4.78 is 0. The molecule has 1 aromatic heterocycles. The molecule has 3 saturated heterocycles. The molecule has 0 aliphatic carbocycles. The first-order chi connectivity index (χ1) is 13.5. The molecular formula is C21H32N4O2S. The van der Waals surface area contributed by atoms with Gasteiger partial charge in [0.1, 0.15) is 4.88 Å². The molecule has 0 radical (unpaired) electrons. The number of likely N-dealkylation sites (tertiary alicyclic amines) is 3. The van der Waals surface area contributed by atoms with Gasteiger partial charge in [0, 0.05) is 38.1 Å². The Hall–Kier alpha value is -1.47. The Balaban J connectivity index is 1.41. The van der Waals surface area contributed by atoms with Crippen molar-refractivity contribution in [2.75, 3.05) is 45.8 Å². The quantitative estimate of drug-likeness (QED) is 0.777. The summed E-state index contributed by atoms with van der Waals surface area (Å²) >= 11 is 1.51. The molecule has 0 bridgehead atoms. The lowest BCUT2D eigenvalue weighted by Gasteiger charge is -2.48. The average Bonchev–Trinajstić information content (AvgIpc) is 3.31. The second-order valence-electron chi connectivity index (χ2n) is 8.88. The van der Waals surface area contributed by atoms with Crippen LogP contribution in [0, 0.1) is 19.3 Å². The van der Waals surface area contributed by atoms with E-state index in [0.29, 0.717) is 6.54 Å². The lowest BCUT2D eigenvalue weighted by Crippen LogP contribution is -2.55. The molecule has 1 spiro atoms. The van der Waals surface area contributed by atoms with Gasteiger partial charge < -0.3 is 9.80 Å². The zero-order chi connectivity index (χ0) is 19.7. The monoisotopic (exact) mass is 404 g/mol. The first-order valence-electron chi connectivity index (χ1n) is 10.7. The number of carbonyl (C=O) groups is 2. The molecule has 3 aliphatic rings. The van der Waals surface area contributed by atoms with Crippen LogP contribution >= 0.6 is 11.3 Å². The Bertz CT molecular complexity index is 739. The van der Waals surface area contributed by atoms with Gasteiger partial charge in [0.15, 0.2) is 0 Å². The van der Waals surface area contributed by atoms with Crippen LogP contribution in [0.3, 0.4) is 0 Å². The van der Waals surface area contributed by atoms with E-state index in [1.54, 1.807) is 0 Å². The van der Waals surface area contributed by atoms with E-state index in [2.05, 4.69) is 14.8 Å². The van der Waals surface area contributed by atoms with Crippen molar-refractivity contribution < 1.29 is 9.59 Å². The highest BCUT2D eigenvalue weighted by Gasteiger charge is 2.41. The molecule has 0 saturated carbocycles. The maximum Gasteiger partial charge on any atom is 0.265 e. The fourth-order valence-electron chi connectivity index (χ4n) is 5.29. The van der Waals surface area contributed by atoms with Gasteiger partial charge in [-0.3, -0.25) is 14.5 Å². The van der Waals surface area contributed by atoms with Crippen LogP contribution in [0.25, 0.3) is 0 Å². The van der Waals surface area contributed by atoms with Crippen molar-refractivity contribution in [3.63, 3.8) is 0 Å². The minimum Gasteiger partial charge on any atom is -0.342 e. The largest absolute Gasteiger partial charge is 0.342 e. The van der Waals surface area contributed by atoms with Crippen molar-refractivity contribution in [1.29, 1.82) is 0 Å². The zero-order valence-corrected chi connectivity index (χ0v) is 18.0. The molecule has 4 heterocycles. The minimum absolute atomic E-state index is 0.144. The number of hydrogen-bond donors (Lipinski definition) is 0. The average molecular weight is 405 g/mol. The van der Waals surface area contributed by atoms with E-state index in [-0.39, 0.29) is 17.2 Å². The molecule has 1 unspecified atom stereocenters. The maximum atomic E-state index is 13.1. The van der Waals surface area contributed by atoms with Crippen molar-refractivity contribution in [1.82, 2.24) is 19.7 Å². The van der Waals surface area contributed by atoms with Crippen LogP contribution in [0.5, 0.6) is 0 Å². The second kappa shape index (κ2) is 8.11. The summed E-state index contributed by atoms with van der Waals surface area (Å²) in [4.78, 5) is 37.4. The molecule has 6 nitrogen and oxygen atoms in total. The van der Waals surface area contributed by atoms with Gasteiger partial charge in [-0.1, -0.05) is 0 Å². The van der Waals surface area contributed by atoms with Crippen LogP contribution in [0.1, 0.15) is 58.9 Å². The van der Waals surface area contributed by atoms with E-state index < -0.39 is 0 Å². The minimum atomic E-state index is 0.144. The highest BCUT2D eigenvalue weighted by molar-refractivity contribution is 7.13. The van der Waals surface area contributed by atoms with Gasteiger partial charge >= 0.3 is 0 Å². The molecule has 3 fully saturated rings. The van der Waals surface area contributed by atoms with Crippen LogP contribution in [0.2, 0.25) is 0 Å². The van der Waals surface area contributed by atoms with Crippen LogP contribution in [0.15, 0.2) is 0 Å². The third-order valence-electron chi connectivity index (χ3n) is 6.60. The topological polar surface area (TPSA) is 56.8 Å². The number of nitrogens with zero attached hydrogens (tertiary/aromatic N) is 4. The number of aromatic nitrogens is 1. The van der Waals surface area contributed by atoms with Gasteiger partial charge in [0.25, 0.3) is 5.91 Å². The van der Waals surface area contributed by atoms with Gasteiger partial charge in [-0.25, -0.2) is 4.98 Å². The Morgan fingerprint density at radius 2 is 1.64 bits per heavy atom. The summed E-state index contributed by atoms with van der Waals surface area (Å²) in [5.74, 6) is 0.432. The van der Waals surface area contributed by atoms with E-state index in [0.717, 1.165) is 93.4 Å². The number of piperidine rings is 2. The van der Waals surface area contributed by atoms with Crippen LogP contribution in [-0.2, 0) is 4.79 Å². The Morgan fingerprint density at radius 3 is 2.32 bits per heavy atom. The fraction of sp³-hybridized carbons (Fsp3) is 0.762. The maximum absolute atomic E-state index is 13.1. The molecular weight excluding hydrogens is 372 g/mol. The van der Waals surface area contributed by atoms with Crippen molar-refractivity contribution in [2.24, 2.45) is 5.41 Å². The number of rotatable bonds is 3. The van der Waals surface area contributed by atoms with Crippen molar-refractivity contribution in [3.05, 3.63) is 15.6 Å². The van der Waals surface area contributed by atoms with Crippen LogP contribution < -0.4 is 0 Å². The summed E-state index contributed by atoms with van der Waals surface area (Å²) in [6, 6.07) is 0. The summed E-state index contributed by atoms with van der Waals surface area (Å²) in [6.07, 6.45) is 6.77. The normalized spacial score (nSPS) is 26.2. The first-order valence-corrected chi connectivity index (χ1v) is 11.5. The Labute approximate surface area is 171 Å². The molecule has 154 valence electrons. The zero-order valence-electron chi connectivity index (χ0n) is 17.2. The van der Waals surface area contributed by atoms with Crippen molar-refractivity contribution in [3.8, 4) is 0 Å². The van der Waals surface area contributed by atoms with E-state index >= 15 is 0 Å². The summed E-state index contributed by atoms with van der Waals surface area (Å²) in [5, 5.41) is 0.955. The summed E-state index contributed by atoms with van der Waals surface area (Å²) in [6.45, 7) is 9.88. The molecule has 2 amide bonds. The summed E-state index contributed by atoms with van der Waals surface area (Å²) in [7, 11) is 0. The fourth-order valence-corrected chi connectivity index (χ4v) is 6.18. The van der Waals surface area contributed by atoms with E-state index in [4.69, 9.17) is 0 Å². The number of hydrogen-bond acceptors (Lipinski definition) is 5. The molecule has 1 aromatic rings. The predicted molar refractivity (Wildman–Crippen MR) is 111 cm³/mol. The van der Waals surface area contributed by atoms with Crippen LogP contribution in [0.4, 0.5) is 0 Å². The molecule has 1 atom stereocenters. The number of thiazole rings is 1. The highest BCUT2D eigenvalue weighted by atomic mass is 32.1. The highest BCUT2D eigenvalue weighted by Crippen LogP contribution is 2.39. The lowest BCUT2D eigenvalue weighted by molar-refractivity contribution is -0.132. The second-order valence-corrected chi connectivity index (χ2v) is 10.1. The van der Waals surface area contributed by atoms with Crippen LogP contribution in [-0.4, -0.2) is 77.3 Å². The van der Waals surface area contributed by atoms with E-state index in [1.807, 2.05) is 18.7 Å². The smallest absolute Gasteiger partial charge is 0.265 e. The number of aryl methyl sites for hydroxylation is 2. The molecule has 0 N–H and O–H groups in total. The number of carbonyl (C=O) groups excluding carboxylic acids is 2. The molecule has 0 aromatic carbocycles. The predicted octanol–water partition coefficient (Wildman–Crippen LogP) is 2.70. The third-order valence-corrected chi connectivity index (χ3v) is 7.67. The van der Waals surface area contributed by atoms with Gasteiger partial charge in [-0.15, -0.1) is 11.3 Å². The van der Waals surface area contributed by atoms with Gasteiger partial charge in [0.05, 0.1) is 17.2 Å². The Morgan fingerprint density at radius 1 is 0.964 bits per heavy atom. The van der Waals surface area contributed by atoms with Crippen molar-refractivity contribution in [2.45, 2.75) is 52.4 Å². The van der Waals surface area contributed by atoms with Gasteiger partial charge in [0.2, 0.25) is 5.91 Å². The van der Waals surface area contributed by atoms with Crippen molar-refractivity contribution >= 4 is 23.2 Å². The summed E-state index contributed by atoms with van der Waals surface area (Å²) in [5.41, 5.74) is 0.999.